The molecule has 15 heteroatoms. The number of alkyl halides is 2. The van der Waals surface area contributed by atoms with Crippen LogP contribution in [-0.2, 0) is 31.2 Å². The minimum Gasteiger partial charge on any atom is -0.478 e. The molecule has 3 atom stereocenters. The number of anilines is 3. The van der Waals surface area contributed by atoms with Crippen molar-refractivity contribution in [3.63, 3.8) is 0 Å². The molecule has 4 aliphatic rings. The van der Waals surface area contributed by atoms with E-state index in [0.29, 0.717) is 60.9 Å². The number of hydrogen-bond donors (Lipinski definition) is 1. The summed E-state index contributed by atoms with van der Waals surface area (Å²) in [4.78, 5) is 41.3. The number of carboxylic acid groups (broad SMARTS) is 1. The maximum atomic E-state index is 14.7. The molecule has 8 rings (SSSR count). The molecule has 1 N–H and O–H groups in total. The zero-order valence-electron chi connectivity index (χ0n) is 32.0. The van der Waals surface area contributed by atoms with Crippen molar-refractivity contribution in [1.82, 2.24) is 39.3 Å². The number of aromatic carboxylic acids is 1. The highest BCUT2D eigenvalue weighted by atomic mass is 19.3. The Morgan fingerprint density at radius 1 is 0.982 bits per heavy atom. The van der Waals surface area contributed by atoms with Crippen LogP contribution < -0.4 is 9.80 Å². The molecular weight excluding hydrogens is 707 g/mol. The lowest BCUT2D eigenvalue weighted by molar-refractivity contribution is -0.129. The Hall–Kier alpha value is -4.92. The Morgan fingerprint density at radius 2 is 1.71 bits per heavy atom. The van der Waals surface area contributed by atoms with E-state index in [-0.39, 0.29) is 23.1 Å². The van der Waals surface area contributed by atoms with Gasteiger partial charge in [0.2, 0.25) is 11.9 Å². The monoisotopic (exact) mass is 756 g/mol. The molecule has 13 nitrogen and oxygen atoms in total. The van der Waals surface area contributed by atoms with Gasteiger partial charge in [-0.15, -0.1) is 0 Å². The van der Waals surface area contributed by atoms with Crippen LogP contribution in [0.4, 0.5) is 26.2 Å². The SMILES string of the molecule is CC(=O)N1CCc2c(c(N3CCCc4cc(-c5cnn(C)c5)c(C(F)F)cc43)nn2C2CCN(CC3[C@H](C)CN(c4ncc(C(=O)O)cn4)C[C@@H]3C)CC2)C1. The van der Waals surface area contributed by atoms with E-state index in [1.807, 2.05) is 11.0 Å². The van der Waals surface area contributed by atoms with Gasteiger partial charge >= 0.3 is 5.97 Å². The molecule has 1 aromatic carbocycles. The maximum Gasteiger partial charge on any atom is 0.338 e. The first-order chi connectivity index (χ1) is 26.4. The number of halogens is 2. The minimum atomic E-state index is -2.65. The standard InChI is InChI=1S/C40H50F2N10O3/c1-24-19-50(40-43-16-28(17-44-40)39(54)55)20-25(2)33(24)22-48-11-7-30(8-12-48)52-35-9-13-49(26(3)53)23-34(35)38(46-52)51-10-5-6-27-14-31(29-18-45-47(4)21-29)32(37(41)42)15-36(27)51/h14-18,21,24-25,30,33,37H,5-13,19-20,22-23H2,1-4H3,(H,54,55)/t24-,25+,33?. The van der Waals surface area contributed by atoms with Crippen LogP contribution in [0.5, 0.6) is 0 Å². The molecule has 1 unspecified atom stereocenters. The smallest absolute Gasteiger partial charge is 0.338 e. The first-order valence-electron chi connectivity index (χ1n) is 19.5. The van der Waals surface area contributed by atoms with Crippen molar-refractivity contribution in [3.05, 3.63) is 64.9 Å². The Bertz CT molecular complexity index is 2050. The van der Waals surface area contributed by atoms with Crippen molar-refractivity contribution in [1.29, 1.82) is 0 Å². The molecule has 2 saturated heterocycles. The Kier molecular flexibility index (Phi) is 10.1. The fourth-order valence-corrected chi connectivity index (χ4v) is 9.44. The maximum absolute atomic E-state index is 14.7. The van der Waals surface area contributed by atoms with Crippen LogP contribution in [0.1, 0.15) is 85.2 Å². The number of nitrogens with zero attached hydrogens (tertiary/aromatic N) is 10. The summed E-state index contributed by atoms with van der Waals surface area (Å²) in [6.45, 7) is 12.5. The third-order valence-corrected chi connectivity index (χ3v) is 12.4. The van der Waals surface area contributed by atoms with E-state index < -0.39 is 12.4 Å². The molecule has 0 spiro atoms. The lowest BCUT2D eigenvalue weighted by atomic mass is 9.79. The fraction of sp³-hybridized carbons (Fsp3) is 0.550. The molecule has 1 amide bonds. The number of aromatic nitrogens is 6. The van der Waals surface area contributed by atoms with E-state index in [9.17, 15) is 23.5 Å². The van der Waals surface area contributed by atoms with E-state index in [0.717, 1.165) is 86.7 Å². The van der Waals surface area contributed by atoms with Gasteiger partial charge in [-0.1, -0.05) is 13.8 Å². The van der Waals surface area contributed by atoms with Crippen molar-refractivity contribution in [2.75, 3.05) is 55.6 Å². The highest BCUT2D eigenvalue weighted by Gasteiger charge is 2.37. The molecule has 55 heavy (non-hydrogen) atoms. The van der Waals surface area contributed by atoms with Gasteiger partial charge in [-0.3, -0.25) is 14.2 Å². The molecule has 0 aliphatic carbocycles. The second kappa shape index (κ2) is 15.0. The average Bonchev–Trinajstić information content (AvgIpc) is 3.79. The molecule has 4 aromatic rings. The molecule has 2 fully saturated rings. The molecule has 7 heterocycles. The number of rotatable bonds is 8. The third-order valence-electron chi connectivity index (χ3n) is 12.4. The zero-order valence-corrected chi connectivity index (χ0v) is 32.0. The van der Waals surface area contributed by atoms with E-state index in [2.05, 4.69) is 48.3 Å². The van der Waals surface area contributed by atoms with Crippen molar-refractivity contribution >= 4 is 29.3 Å². The van der Waals surface area contributed by atoms with Crippen molar-refractivity contribution < 1.29 is 23.5 Å². The summed E-state index contributed by atoms with van der Waals surface area (Å²) >= 11 is 0. The van der Waals surface area contributed by atoms with Crippen LogP contribution in [-0.4, -0.2) is 102 Å². The van der Waals surface area contributed by atoms with Crippen LogP contribution in [0.15, 0.2) is 36.9 Å². The molecule has 292 valence electrons. The second-order valence-corrected chi connectivity index (χ2v) is 16.0. The summed E-state index contributed by atoms with van der Waals surface area (Å²) in [7, 11) is 1.79. The number of benzene rings is 1. The Balaban J connectivity index is 1.01. The van der Waals surface area contributed by atoms with Crippen LogP contribution in [0.2, 0.25) is 0 Å². The number of likely N-dealkylation sites (tertiary alicyclic amines) is 1. The van der Waals surface area contributed by atoms with Crippen molar-refractivity contribution in [2.24, 2.45) is 24.8 Å². The normalized spacial score (nSPS) is 22.2. The number of aryl methyl sites for hydroxylation is 2. The summed E-state index contributed by atoms with van der Waals surface area (Å²) in [5.41, 5.74) is 5.25. The molecule has 0 saturated carbocycles. The van der Waals surface area contributed by atoms with Gasteiger partial charge in [0.15, 0.2) is 5.82 Å². The number of piperidine rings is 2. The number of carbonyl (C=O) groups excluding carboxylic acids is 1. The van der Waals surface area contributed by atoms with Crippen LogP contribution in [0.25, 0.3) is 11.1 Å². The molecule has 0 bridgehead atoms. The van der Waals surface area contributed by atoms with Gasteiger partial charge in [-0.05, 0) is 66.7 Å². The minimum absolute atomic E-state index is 0.0123. The third kappa shape index (κ3) is 7.18. The summed E-state index contributed by atoms with van der Waals surface area (Å²) in [5, 5.41) is 18.8. The highest BCUT2D eigenvalue weighted by Crippen LogP contribution is 2.44. The lowest BCUT2D eigenvalue weighted by Crippen LogP contribution is -2.50. The van der Waals surface area contributed by atoms with E-state index in [1.54, 1.807) is 37.1 Å². The van der Waals surface area contributed by atoms with Gasteiger partial charge in [0.05, 0.1) is 24.3 Å². The summed E-state index contributed by atoms with van der Waals surface area (Å²) in [5.74, 6) is 1.68. The Morgan fingerprint density at radius 3 is 2.35 bits per heavy atom. The van der Waals surface area contributed by atoms with Gasteiger partial charge in [-0.2, -0.15) is 10.2 Å². The predicted molar refractivity (Wildman–Crippen MR) is 204 cm³/mol. The zero-order chi connectivity index (χ0) is 38.5. The number of amides is 1. The molecule has 3 aromatic heterocycles. The molecular formula is C40H50F2N10O3. The van der Waals surface area contributed by atoms with E-state index >= 15 is 0 Å². The van der Waals surface area contributed by atoms with Crippen LogP contribution in [0, 0.1) is 17.8 Å². The topological polar surface area (TPSA) is 129 Å². The van der Waals surface area contributed by atoms with Crippen molar-refractivity contribution in [3.8, 4) is 11.1 Å². The van der Waals surface area contributed by atoms with E-state index in [1.165, 1.54) is 12.4 Å². The summed E-state index contributed by atoms with van der Waals surface area (Å²) < 4.78 is 33.2. The lowest BCUT2D eigenvalue weighted by Gasteiger charge is -2.44. The van der Waals surface area contributed by atoms with Crippen LogP contribution in [0.3, 0.4) is 0 Å². The summed E-state index contributed by atoms with van der Waals surface area (Å²) in [6.07, 6.45) is 7.79. The van der Waals surface area contributed by atoms with Gasteiger partial charge in [0, 0.05) is 113 Å². The van der Waals surface area contributed by atoms with Crippen LogP contribution >= 0.6 is 0 Å². The second-order valence-electron chi connectivity index (χ2n) is 16.0. The average molecular weight is 757 g/mol. The van der Waals surface area contributed by atoms with E-state index in [4.69, 9.17) is 5.10 Å². The van der Waals surface area contributed by atoms with Crippen molar-refractivity contribution in [2.45, 2.75) is 71.9 Å². The van der Waals surface area contributed by atoms with Gasteiger partial charge in [-0.25, -0.2) is 23.5 Å². The number of carbonyl (C=O) groups is 2. The molecule has 4 aliphatic heterocycles. The fourth-order valence-electron chi connectivity index (χ4n) is 9.44. The largest absolute Gasteiger partial charge is 0.478 e. The number of fused-ring (bicyclic) bond motifs is 2. The molecule has 0 radical (unpaired) electrons. The first kappa shape index (κ1) is 37.0. The van der Waals surface area contributed by atoms with Gasteiger partial charge in [0.1, 0.15) is 0 Å². The number of hydrogen-bond acceptors (Lipinski definition) is 9. The first-order valence-corrected chi connectivity index (χ1v) is 19.5. The highest BCUT2D eigenvalue weighted by molar-refractivity contribution is 5.86. The van der Waals surface area contributed by atoms with Gasteiger partial charge in [0.25, 0.3) is 6.43 Å². The quantitative estimate of drug-likeness (QED) is 0.238. The Labute approximate surface area is 319 Å². The summed E-state index contributed by atoms with van der Waals surface area (Å²) in [6, 6.07) is 3.78. The predicted octanol–water partition coefficient (Wildman–Crippen LogP) is 5.74. The number of carboxylic acids is 1. The van der Waals surface area contributed by atoms with Gasteiger partial charge < -0.3 is 24.7 Å².